The lowest BCUT2D eigenvalue weighted by Crippen LogP contribution is -2.18. The summed E-state index contributed by atoms with van der Waals surface area (Å²) in [6.07, 6.45) is 38.8. The predicted molar refractivity (Wildman–Crippen MR) is 162 cm³/mol. The van der Waals surface area contributed by atoms with Gasteiger partial charge in [0.1, 0.15) is 6.10 Å². The second-order valence-corrected chi connectivity index (χ2v) is 10.3. The molecule has 0 aromatic heterocycles. The quantitative estimate of drug-likeness (QED) is 0.0651. The molecule has 1 N–H and O–H groups in total. The minimum absolute atomic E-state index is 0.0310. The molecule has 38 heavy (non-hydrogen) atoms. The van der Waals surface area contributed by atoms with E-state index >= 15 is 0 Å². The molecule has 0 aliphatic rings. The fourth-order valence-electron chi connectivity index (χ4n) is 4.34. The second-order valence-electron chi connectivity index (χ2n) is 10.3. The van der Waals surface area contributed by atoms with Crippen LogP contribution in [0.4, 0.5) is 0 Å². The molecule has 0 saturated carbocycles. The molecular formula is C34H58O4. The van der Waals surface area contributed by atoms with E-state index in [4.69, 9.17) is 9.84 Å². The average molecular weight is 531 g/mol. The molecule has 0 heterocycles. The molecule has 218 valence electrons. The number of hydrogen-bond donors (Lipinski definition) is 1. The fraction of sp³-hybridized carbons (Fsp3) is 0.706. The summed E-state index contributed by atoms with van der Waals surface area (Å²) in [6.45, 7) is 4.31. The van der Waals surface area contributed by atoms with Crippen LogP contribution < -0.4 is 0 Å². The van der Waals surface area contributed by atoms with Gasteiger partial charge in [0.15, 0.2) is 0 Å². The van der Waals surface area contributed by atoms with Crippen LogP contribution in [0.2, 0.25) is 0 Å². The lowest BCUT2D eigenvalue weighted by atomic mass is 10.0. The van der Waals surface area contributed by atoms with Crippen molar-refractivity contribution in [2.24, 2.45) is 0 Å². The molecule has 0 aliphatic carbocycles. The molecule has 1 unspecified atom stereocenters. The van der Waals surface area contributed by atoms with Crippen LogP contribution in [-0.2, 0) is 14.3 Å². The van der Waals surface area contributed by atoms with Gasteiger partial charge in [-0.15, -0.1) is 0 Å². The Morgan fingerprint density at radius 1 is 0.605 bits per heavy atom. The number of ether oxygens (including phenoxy) is 1. The Bertz CT molecular complexity index is 659. The number of carboxylic acids is 1. The summed E-state index contributed by atoms with van der Waals surface area (Å²) in [6, 6.07) is 0. The number of rotatable bonds is 27. The molecular weight excluding hydrogens is 472 g/mol. The van der Waals surface area contributed by atoms with E-state index in [0.29, 0.717) is 12.8 Å². The molecule has 0 rings (SSSR count). The Labute approximate surface area is 234 Å². The standard InChI is InChI=1S/C34H58O4/c1-3-5-6-7-8-9-10-11-12-13-14-18-21-24-27-31-34(37)38-32(28-4-2)29-25-22-19-16-15-17-20-23-26-30-33(35)36/h5-6,8-9,11-12,14,18,32H,3-4,7,10,13,15-17,19-31H2,1-2H3,(H,35,36)/b6-5-,9-8-,12-11-,18-14-. The molecule has 0 amide bonds. The molecule has 4 nitrogen and oxygen atoms in total. The van der Waals surface area contributed by atoms with Crippen LogP contribution in [0.5, 0.6) is 0 Å². The van der Waals surface area contributed by atoms with E-state index in [0.717, 1.165) is 89.9 Å². The number of unbranched alkanes of at least 4 members (excludes halogenated alkanes) is 10. The normalized spacial score (nSPS) is 12.9. The van der Waals surface area contributed by atoms with E-state index in [1.807, 2.05) is 0 Å². The minimum Gasteiger partial charge on any atom is -0.481 e. The SMILES string of the molecule is CC/C=C\C/C=C\C/C=C\C/C=C\CCCCC(=O)OC(CCC)CCCCCCCCCCCC(=O)O. The highest BCUT2D eigenvalue weighted by Gasteiger charge is 2.13. The Morgan fingerprint density at radius 3 is 1.66 bits per heavy atom. The number of carboxylic acid groups (broad SMARTS) is 1. The van der Waals surface area contributed by atoms with Crippen molar-refractivity contribution in [2.45, 2.75) is 155 Å². The van der Waals surface area contributed by atoms with Crippen molar-refractivity contribution in [1.82, 2.24) is 0 Å². The summed E-state index contributed by atoms with van der Waals surface area (Å²) in [5, 5.41) is 8.65. The average Bonchev–Trinajstić information content (AvgIpc) is 2.89. The highest BCUT2D eigenvalue weighted by molar-refractivity contribution is 5.69. The maximum atomic E-state index is 12.3. The third-order valence-electron chi connectivity index (χ3n) is 6.55. The number of hydrogen-bond acceptors (Lipinski definition) is 3. The van der Waals surface area contributed by atoms with Crippen LogP contribution in [0, 0.1) is 0 Å². The summed E-state index contributed by atoms with van der Waals surface area (Å²) < 4.78 is 5.79. The Hall–Kier alpha value is -2.10. The molecule has 0 radical (unpaired) electrons. The van der Waals surface area contributed by atoms with Gasteiger partial charge in [0.2, 0.25) is 0 Å². The van der Waals surface area contributed by atoms with Crippen molar-refractivity contribution in [3.8, 4) is 0 Å². The number of carbonyl (C=O) groups is 2. The lowest BCUT2D eigenvalue weighted by molar-refractivity contribution is -0.150. The van der Waals surface area contributed by atoms with E-state index in [9.17, 15) is 9.59 Å². The van der Waals surface area contributed by atoms with Gasteiger partial charge in [-0.25, -0.2) is 0 Å². The van der Waals surface area contributed by atoms with Crippen molar-refractivity contribution < 1.29 is 19.4 Å². The van der Waals surface area contributed by atoms with E-state index in [1.165, 1.54) is 32.1 Å². The van der Waals surface area contributed by atoms with Gasteiger partial charge in [-0.3, -0.25) is 9.59 Å². The Morgan fingerprint density at radius 2 is 1.11 bits per heavy atom. The minimum atomic E-state index is -0.685. The molecule has 0 fully saturated rings. The van der Waals surface area contributed by atoms with Gasteiger partial charge in [-0.05, 0) is 70.6 Å². The molecule has 0 aromatic rings. The molecule has 1 atom stereocenters. The van der Waals surface area contributed by atoms with Gasteiger partial charge < -0.3 is 9.84 Å². The molecule has 0 spiro atoms. The lowest BCUT2D eigenvalue weighted by Gasteiger charge is -2.17. The topological polar surface area (TPSA) is 63.6 Å². The number of carbonyl (C=O) groups excluding carboxylic acids is 1. The van der Waals surface area contributed by atoms with E-state index in [-0.39, 0.29) is 12.1 Å². The first-order chi connectivity index (χ1) is 18.6. The van der Waals surface area contributed by atoms with Gasteiger partial charge >= 0.3 is 11.9 Å². The van der Waals surface area contributed by atoms with Gasteiger partial charge in [0.05, 0.1) is 0 Å². The summed E-state index contributed by atoms with van der Waals surface area (Å²) >= 11 is 0. The Kier molecular flexibility index (Phi) is 27.8. The first-order valence-corrected chi connectivity index (χ1v) is 15.6. The van der Waals surface area contributed by atoms with Crippen LogP contribution in [-0.4, -0.2) is 23.1 Å². The van der Waals surface area contributed by atoms with E-state index in [2.05, 4.69) is 62.5 Å². The van der Waals surface area contributed by atoms with Crippen LogP contribution in [0.3, 0.4) is 0 Å². The zero-order chi connectivity index (χ0) is 27.9. The zero-order valence-corrected chi connectivity index (χ0v) is 24.7. The van der Waals surface area contributed by atoms with Crippen LogP contribution >= 0.6 is 0 Å². The molecule has 0 saturated heterocycles. The second kappa shape index (κ2) is 29.5. The van der Waals surface area contributed by atoms with Crippen LogP contribution in [0.15, 0.2) is 48.6 Å². The number of allylic oxidation sites excluding steroid dienone is 8. The number of esters is 1. The van der Waals surface area contributed by atoms with Crippen LogP contribution in [0.25, 0.3) is 0 Å². The highest BCUT2D eigenvalue weighted by Crippen LogP contribution is 2.16. The highest BCUT2D eigenvalue weighted by atomic mass is 16.5. The van der Waals surface area contributed by atoms with E-state index in [1.54, 1.807) is 0 Å². The largest absolute Gasteiger partial charge is 0.481 e. The number of aliphatic carboxylic acids is 1. The van der Waals surface area contributed by atoms with Crippen molar-refractivity contribution in [2.75, 3.05) is 0 Å². The van der Waals surface area contributed by atoms with Crippen LogP contribution in [0.1, 0.15) is 149 Å². The van der Waals surface area contributed by atoms with E-state index < -0.39 is 5.97 Å². The summed E-state index contributed by atoms with van der Waals surface area (Å²) in [5.74, 6) is -0.716. The zero-order valence-electron chi connectivity index (χ0n) is 24.7. The Balaban J connectivity index is 3.72. The summed E-state index contributed by atoms with van der Waals surface area (Å²) in [5.41, 5.74) is 0. The third-order valence-corrected chi connectivity index (χ3v) is 6.55. The summed E-state index contributed by atoms with van der Waals surface area (Å²) in [4.78, 5) is 22.8. The molecule has 0 bridgehead atoms. The van der Waals surface area contributed by atoms with Crippen molar-refractivity contribution in [3.05, 3.63) is 48.6 Å². The first-order valence-electron chi connectivity index (χ1n) is 15.6. The molecule has 0 aliphatic heterocycles. The van der Waals surface area contributed by atoms with Gasteiger partial charge in [-0.2, -0.15) is 0 Å². The maximum absolute atomic E-state index is 12.3. The van der Waals surface area contributed by atoms with Crippen molar-refractivity contribution in [3.63, 3.8) is 0 Å². The maximum Gasteiger partial charge on any atom is 0.306 e. The van der Waals surface area contributed by atoms with Crippen molar-refractivity contribution >= 4 is 11.9 Å². The molecule has 0 aromatic carbocycles. The third kappa shape index (κ3) is 28.5. The van der Waals surface area contributed by atoms with Gasteiger partial charge in [-0.1, -0.05) is 114 Å². The monoisotopic (exact) mass is 530 g/mol. The van der Waals surface area contributed by atoms with Gasteiger partial charge in [0, 0.05) is 12.8 Å². The molecule has 4 heteroatoms. The smallest absolute Gasteiger partial charge is 0.306 e. The van der Waals surface area contributed by atoms with Gasteiger partial charge in [0.25, 0.3) is 0 Å². The fourth-order valence-corrected chi connectivity index (χ4v) is 4.34. The summed E-state index contributed by atoms with van der Waals surface area (Å²) in [7, 11) is 0. The first kappa shape index (κ1) is 35.9. The van der Waals surface area contributed by atoms with Crippen molar-refractivity contribution in [1.29, 1.82) is 0 Å². The predicted octanol–water partition coefficient (Wildman–Crippen LogP) is 10.4.